The van der Waals surface area contributed by atoms with Crippen LogP contribution in [0, 0.1) is 6.92 Å². The molecule has 1 aliphatic heterocycles. The van der Waals surface area contributed by atoms with Crippen LogP contribution in [0.2, 0.25) is 0 Å². The number of rotatable bonds is 5. The fraction of sp³-hybridized carbons (Fsp3) is 0.650. The van der Waals surface area contributed by atoms with Crippen LogP contribution in [-0.2, 0) is 16.4 Å². The Morgan fingerprint density at radius 1 is 1.19 bits per heavy atom. The molecule has 1 aromatic carbocycles. The van der Waals surface area contributed by atoms with Crippen LogP contribution in [0.4, 0.5) is 0 Å². The summed E-state index contributed by atoms with van der Waals surface area (Å²) in [7, 11) is -1.37. The molecule has 0 saturated carbocycles. The van der Waals surface area contributed by atoms with Crippen molar-refractivity contribution in [2.75, 3.05) is 45.5 Å². The lowest BCUT2D eigenvalue weighted by Gasteiger charge is -2.36. The first kappa shape index (κ1) is 21.7. The molecule has 0 unspecified atom stereocenters. The van der Waals surface area contributed by atoms with E-state index >= 15 is 0 Å². The molecule has 1 aromatic rings. The zero-order valence-corrected chi connectivity index (χ0v) is 18.1. The highest BCUT2D eigenvalue weighted by Crippen LogP contribution is 2.15. The molecule has 1 saturated heterocycles. The summed E-state index contributed by atoms with van der Waals surface area (Å²) in [5.74, 6) is 0.900. The number of guanidine groups is 1. The Kier molecular flexibility index (Phi) is 7.28. The highest BCUT2D eigenvalue weighted by atomic mass is 32.2. The van der Waals surface area contributed by atoms with Crippen molar-refractivity contribution in [3.05, 3.63) is 35.4 Å². The molecule has 0 aliphatic carbocycles. The van der Waals surface area contributed by atoms with Gasteiger partial charge in [-0.3, -0.25) is 9.89 Å². The maximum absolute atomic E-state index is 12.2. The third-order valence-electron chi connectivity index (χ3n) is 4.96. The first-order valence-corrected chi connectivity index (χ1v) is 11.2. The van der Waals surface area contributed by atoms with Crippen molar-refractivity contribution in [2.45, 2.75) is 39.0 Å². The predicted molar refractivity (Wildman–Crippen MR) is 113 cm³/mol. The van der Waals surface area contributed by atoms with Gasteiger partial charge in [0.05, 0.1) is 10.5 Å². The second-order valence-corrected chi connectivity index (χ2v) is 11.0. The Labute approximate surface area is 164 Å². The summed E-state index contributed by atoms with van der Waals surface area (Å²) in [6.45, 7) is 12.4. The number of aliphatic imine (C=N–C) groups is 1. The van der Waals surface area contributed by atoms with Gasteiger partial charge in [0, 0.05) is 46.3 Å². The molecule has 1 fully saturated rings. The number of sulfone groups is 1. The van der Waals surface area contributed by atoms with E-state index in [1.165, 1.54) is 11.1 Å². The maximum Gasteiger partial charge on any atom is 0.193 e. The number of hydrogen-bond acceptors (Lipinski definition) is 4. The van der Waals surface area contributed by atoms with Gasteiger partial charge in [-0.15, -0.1) is 0 Å². The zero-order valence-electron chi connectivity index (χ0n) is 17.3. The topological polar surface area (TPSA) is 65.0 Å². The lowest BCUT2D eigenvalue weighted by Crippen LogP contribution is -2.52. The second-order valence-electron chi connectivity index (χ2n) is 8.16. The van der Waals surface area contributed by atoms with Crippen molar-refractivity contribution < 1.29 is 8.42 Å². The quantitative estimate of drug-likeness (QED) is 0.610. The molecule has 1 heterocycles. The third kappa shape index (κ3) is 6.21. The maximum atomic E-state index is 12.2. The summed E-state index contributed by atoms with van der Waals surface area (Å²) in [6, 6.07) is 8.65. The minimum atomic E-state index is -3.12. The fourth-order valence-electron chi connectivity index (χ4n) is 3.12. The van der Waals surface area contributed by atoms with Gasteiger partial charge >= 0.3 is 0 Å². The van der Waals surface area contributed by atoms with E-state index in [9.17, 15) is 8.42 Å². The van der Waals surface area contributed by atoms with Crippen molar-refractivity contribution in [2.24, 2.45) is 4.99 Å². The number of piperazine rings is 1. The second kappa shape index (κ2) is 9.06. The van der Waals surface area contributed by atoms with Gasteiger partial charge in [-0.1, -0.05) is 29.8 Å². The van der Waals surface area contributed by atoms with E-state index in [0.29, 0.717) is 6.54 Å². The fourth-order valence-corrected chi connectivity index (χ4v) is 4.11. The van der Waals surface area contributed by atoms with E-state index in [-0.39, 0.29) is 5.75 Å². The largest absolute Gasteiger partial charge is 0.355 e. The number of hydrogen-bond donors (Lipinski definition) is 1. The van der Waals surface area contributed by atoms with Crippen LogP contribution in [0.5, 0.6) is 0 Å². The molecule has 0 bridgehead atoms. The smallest absolute Gasteiger partial charge is 0.193 e. The van der Waals surface area contributed by atoms with Gasteiger partial charge < -0.3 is 10.2 Å². The molecule has 27 heavy (non-hydrogen) atoms. The van der Waals surface area contributed by atoms with Gasteiger partial charge in [0.1, 0.15) is 0 Å². The Morgan fingerprint density at radius 3 is 2.41 bits per heavy atom. The number of aryl methyl sites for hydroxylation is 1. The molecule has 0 radical (unpaired) electrons. The van der Waals surface area contributed by atoms with Gasteiger partial charge in [0.15, 0.2) is 15.8 Å². The normalized spacial score (nSPS) is 17.2. The summed E-state index contributed by atoms with van der Waals surface area (Å²) >= 11 is 0. The molecule has 1 N–H and O–H groups in total. The van der Waals surface area contributed by atoms with Gasteiger partial charge in [-0.2, -0.15) is 0 Å². The van der Waals surface area contributed by atoms with Crippen LogP contribution < -0.4 is 5.32 Å². The monoisotopic (exact) mass is 394 g/mol. The van der Waals surface area contributed by atoms with E-state index in [1.807, 2.05) is 0 Å². The van der Waals surface area contributed by atoms with Gasteiger partial charge in [-0.25, -0.2) is 8.42 Å². The number of nitrogens with zero attached hydrogens (tertiary/aromatic N) is 3. The van der Waals surface area contributed by atoms with Crippen molar-refractivity contribution in [1.82, 2.24) is 15.1 Å². The molecule has 0 atom stereocenters. The van der Waals surface area contributed by atoms with Crippen molar-refractivity contribution in [3.63, 3.8) is 0 Å². The van der Waals surface area contributed by atoms with E-state index in [4.69, 9.17) is 0 Å². The minimum absolute atomic E-state index is 0.114. The standard InChI is InChI=1S/C20H34N4O2S/c1-17-7-6-8-18(15-17)16-23-10-12-24(13-11-23)19(21-5)22-9-14-27(25,26)20(2,3)4/h6-8,15H,9-14,16H2,1-5H3,(H,21,22). The van der Waals surface area contributed by atoms with E-state index in [1.54, 1.807) is 27.8 Å². The van der Waals surface area contributed by atoms with Crippen LogP contribution in [0.1, 0.15) is 31.9 Å². The summed E-state index contributed by atoms with van der Waals surface area (Å²) in [6.07, 6.45) is 0. The van der Waals surface area contributed by atoms with E-state index in [2.05, 4.69) is 51.3 Å². The molecule has 7 heteroatoms. The molecular weight excluding hydrogens is 360 g/mol. The van der Waals surface area contributed by atoms with Gasteiger partial charge in [0.2, 0.25) is 0 Å². The molecule has 6 nitrogen and oxygen atoms in total. The number of benzene rings is 1. The molecule has 0 spiro atoms. The molecule has 0 aromatic heterocycles. The van der Waals surface area contributed by atoms with Crippen molar-refractivity contribution in [1.29, 1.82) is 0 Å². The van der Waals surface area contributed by atoms with E-state index < -0.39 is 14.6 Å². The highest BCUT2D eigenvalue weighted by molar-refractivity contribution is 7.92. The van der Waals surface area contributed by atoms with Crippen LogP contribution >= 0.6 is 0 Å². The first-order chi connectivity index (χ1) is 12.6. The molecule has 152 valence electrons. The SMILES string of the molecule is CN=C(NCCS(=O)(=O)C(C)(C)C)N1CCN(Cc2cccc(C)c2)CC1. The summed E-state index contributed by atoms with van der Waals surface area (Å²) in [5.41, 5.74) is 2.64. The molecule has 2 rings (SSSR count). The lowest BCUT2D eigenvalue weighted by atomic mass is 10.1. The number of nitrogens with one attached hydrogen (secondary N) is 1. The van der Waals surface area contributed by atoms with Crippen LogP contribution in [-0.4, -0.2) is 74.4 Å². The Balaban J connectivity index is 1.81. The van der Waals surface area contributed by atoms with Crippen LogP contribution in [0.15, 0.2) is 29.3 Å². The molecular formula is C20H34N4O2S. The Morgan fingerprint density at radius 2 is 1.85 bits per heavy atom. The van der Waals surface area contributed by atoms with Gasteiger partial charge in [0.25, 0.3) is 0 Å². The predicted octanol–water partition coefficient (Wildman–Crippen LogP) is 1.90. The Hall–Kier alpha value is -1.60. The van der Waals surface area contributed by atoms with Crippen LogP contribution in [0.3, 0.4) is 0 Å². The van der Waals surface area contributed by atoms with Crippen molar-refractivity contribution >= 4 is 15.8 Å². The zero-order chi connectivity index (χ0) is 20.1. The molecule has 1 aliphatic rings. The summed E-state index contributed by atoms with van der Waals surface area (Å²) < 4.78 is 23.8. The Bertz CT molecular complexity index is 745. The van der Waals surface area contributed by atoms with Gasteiger partial charge in [-0.05, 0) is 33.3 Å². The molecule has 0 amide bonds. The lowest BCUT2D eigenvalue weighted by molar-refractivity contribution is 0.172. The summed E-state index contributed by atoms with van der Waals surface area (Å²) in [4.78, 5) is 8.98. The van der Waals surface area contributed by atoms with E-state index in [0.717, 1.165) is 38.7 Å². The van der Waals surface area contributed by atoms with Crippen molar-refractivity contribution in [3.8, 4) is 0 Å². The van der Waals surface area contributed by atoms with Crippen LogP contribution in [0.25, 0.3) is 0 Å². The summed E-state index contributed by atoms with van der Waals surface area (Å²) in [5, 5.41) is 3.22. The average molecular weight is 395 g/mol. The minimum Gasteiger partial charge on any atom is -0.355 e. The third-order valence-corrected chi connectivity index (χ3v) is 7.57. The first-order valence-electron chi connectivity index (χ1n) is 9.58. The average Bonchev–Trinajstić information content (AvgIpc) is 2.59. The highest BCUT2D eigenvalue weighted by Gasteiger charge is 2.28.